The molecule has 0 aliphatic rings. The van der Waals surface area contributed by atoms with E-state index in [4.69, 9.17) is 14.2 Å². The van der Waals surface area contributed by atoms with E-state index in [1.54, 1.807) is 21.3 Å². The van der Waals surface area contributed by atoms with Gasteiger partial charge in [-0.15, -0.1) is 0 Å². The van der Waals surface area contributed by atoms with E-state index in [1.807, 2.05) is 18.2 Å². The number of nitrogens with one attached hydrogen (secondary N) is 2. The fraction of sp³-hybridized carbons (Fsp3) is 0.333. The van der Waals surface area contributed by atoms with Crippen LogP contribution in [0.15, 0.2) is 36.4 Å². The number of para-hydroxylation sites is 1. The normalized spacial score (nSPS) is 10.9. The van der Waals surface area contributed by atoms with Gasteiger partial charge >= 0.3 is 0 Å². The molecule has 0 aliphatic carbocycles. The van der Waals surface area contributed by atoms with Crippen molar-refractivity contribution in [3.8, 4) is 17.2 Å². The molecule has 0 unspecified atom stereocenters. The zero-order valence-electron chi connectivity index (χ0n) is 15.8. The van der Waals surface area contributed by atoms with E-state index in [9.17, 15) is 0 Å². The first-order valence-corrected chi connectivity index (χ1v) is 8.73. The molecule has 3 aromatic rings. The van der Waals surface area contributed by atoms with Crippen molar-refractivity contribution in [2.45, 2.75) is 19.9 Å². The Balaban J connectivity index is 1.68. The monoisotopic (exact) mass is 354 g/mol. The molecular formula is C21H26N2O3. The quantitative estimate of drug-likeness (QED) is 0.604. The summed E-state index contributed by atoms with van der Waals surface area (Å²) >= 11 is 0. The van der Waals surface area contributed by atoms with Crippen LogP contribution in [0.25, 0.3) is 10.9 Å². The van der Waals surface area contributed by atoms with E-state index in [-0.39, 0.29) is 0 Å². The van der Waals surface area contributed by atoms with Crippen molar-refractivity contribution in [2.24, 2.45) is 0 Å². The van der Waals surface area contributed by atoms with Crippen LogP contribution in [0.1, 0.15) is 16.8 Å². The SMILES string of the molecule is COc1ccc2[nH]c(C)c(CCNCc3cccc(OC)c3OC)c2c1. The van der Waals surface area contributed by atoms with Crippen LogP contribution in [-0.2, 0) is 13.0 Å². The van der Waals surface area contributed by atoms with Gasteiger partial charge in [0, 0.05) is 28.7 Å². The molecule has 26 heavy (non-hydrogen) atoms. The molecule has 0 fully saturated rings. The van der Waals surface area contributed by atoms with Gasteiger partial charge in [0.05, 0.1) is 21.3 Å². The first kappa shape index (κ1) is 18.1. The van der Waals surface area contributed by atoms with Crippen molar-refractivity contribution in [1.29, 1.82) is 0 Å². The Bertz CT molecular complexity index is 886. The van der Waals surface area contributed by atoms with Crippen LogP contribution in [-0.4, -0.2) is 32.9 Å². The molecular weight excluding hydrogens is 328 g/mol. The van der Waals surface area contributed by atoms with E-state index in [0.717, 1.165) is 47.8 Å². The first-order valence-electron chi connectivity index (χ1n) is 8.73. The molecule has 2 N–H and O–H groups in total. The van der Waals surface area contributed by atoms with Crippen LogP contribution < -0.4 is 19.5 Å². The molecule has 5 nitrogen and oxygen atoms in total. The number of methoxy groups -OCH3 is 3. The molecule has 0 aliphatic heterocycles. The van der Waals surface area contributed by atoms with Crippen molar-refractivity contribution in [2.75, 3.05) is 27.9 Å². The lowest BCUT2D eigenvalue weighted by molar-refractivity contribution is 0.350. The van der Waals surface area contributed by atoms with E-state index in [0.29, 0.717) is 0 Å². The summed E-state index contributed by atoms with van der Waals surface area (Å²) in [5.74, 6) is 2.42. The average molecular weight is 354 g/mol. The van der Waals surface area contributed by atoms with Gasteiger partial charge in [-0.3, -0.25) is 0 Å². The molecule has 0 radical (unpaired) electrons. The van der Waals surface area contributed by atoms with Gasteiger partial charge in [0.15, 0.2) is 11.5 Å². The van der Waals surface area contributed by atoms with Gasteiger partial charge in [-0.25, -0.2) is 0 Å². The number of hydrogen-bond acceptors (Lipinski definition) is 4. The summed E-state index contributed by atoms with van der Waals surface area (Å²) in [6.45, 7) is 3.71. The second kappa shape index (κ2) is 8.15. The fourth-order valence-electron chi connectivity index (χ4n) is 3.34. The Morgan fingerprint density at radius 3 is 2.58 bits per heavy atom. The minimum absolute atomic E-state index is 0.727. The van der Waals surface area contributed by atoms with E-state index in [1.165, 1.54) is 16.6 Å². The van der Waals surface area contributed by atoms with Crippen molar-refractivity contribution in [3.63, 3.8) is 0 Å². The summed E-state index contributed by atoms with van der Waals surface area (Å²) in [6, 6.07) is 12.1. The molecule has 1 aromatic heterocycles. The van der Waals surface area contributed by atoms with E-state index in [2.05, 4.69) is 35.4 Å². The summed E-state index contributed by atoms with van der Waals surface area (Å²) in [6.07, 6.45) is 0.936. The van der Waals surface area contributed by atoms with Gasteiger partial charge in [0.2, 0.25) is 0 Å². The number of aryl methyl sites for hydroxylation is 1. The van der Waals surface area contributed by atoms with Crippen LogP contribution in [0.3, 0.4) is 0 Å². The summed E-state index contributed by atoms with van der Waals surface area (Å²) in [7, 11) is 5.02. The smallest absolute Gasteiger partial charge is 0.165 e. The van der Waals surface area contributed by atoms with Gasteiger partial charge < -0.3 is 24.5 Å². The molecule has 3 rings (SSSR count). The average Bonchev–Trinajstić information content (AvgIpc) is 2.99. The molecule has 138 valence electrons. The minimum atomic E-state index is 0.727. The Labute approximate surface area is 154 Å². The predicted molar refractivity (Wildman–Crippen MR) is 105 cm³/mol. The number of rotatable bonds is 8. The zero-order valence-corrected chi connectivity index (χ0v) is 15.8. The number of aromatic nitrogens is 1. The molecule has 0 atom stereocenters. The second-order valence-electron chi connectivity index (χ2n) is 6.22. The summed E-state index contributed by atoms with van der Waals surface area (Å²) in [4.78, 5) is 3.45. The maximum atomic E-state index is 5.49. The first-order chi connectivity index (χ1) is 12.7. The largest absolute Gasteiger partial charge is 0.497 e. The highest BCUT2D eigenvalue weighted by molar-refractivity contribution is 5.86. The van der Waals surface area contributed by atoms with E-state index < -0.39 is 0 Å². The van der Waals surface area contributed by atoms with Crippen molar-refractivity contribution in [3.05, 3.63) is 53.2 Å². The van der Waals surface area contributed by atoms with Crippen molar-refractivity contribution < 1.29 is 14.2 Å². The number of H-pyrrole nitrogens is 1. The molecule has 2 aromatic carbocycles. The van der Waals surface area contributed by atoms with Crippen LogP contribution in [0.5, 0.6) is 17.2 Å². The van der Waals surface area contributed by atoms with Gasteiger partial charge in [0.25, 0.3) is 0 Å². The van der Waals surface area contributed by atoms with E-state index >= 15 is 0 Å². The molecule has 0 spiro atoms. The maximum absolute atomic E-state index is 5.49. The number of ether oxygens (including phenoxy) is 3. The van der Waals surface area contributed by atoms with Crippen LogP contribution in [0, 0.1) is 6.92 Å². The summed E-state index contributed by atoms with van der Waals surface area (Å²) in [5.41, 5.74) is 4.76. The van der Waals surface area contributed by atoms with Crippen LogP contribution in [0.4, 0.5) is 0 Å². The van der Waals surface area contributed by atoms with Gasteiger partial charge in [0.1, 0.15) is 5.75 Å². The Morgan fingerprint density at radius 1 is 1.00 bits per heavy atom. The Kier molecular flexibility index (Phi) is 5.68. The van der Waals surface area contributed by atoms with Gasteiger partial charge in [-0.1, -0.05) is 12.1 Å². The Hall–Kier alpha value is -2.66. The second-order valence-corrected chi connectivity index (χ2v) is 6.22. The third-order valence-corrected chi connectivity index (χ3v) is 4.68. The van der Waals surface area contributed by atoms with Crippen LogP contribution in [0.2, 0.25) is 0 Å². The minimum Gasteiger partial charge on any atom is -0.497 e. The Morgan fingerprint density at radius 2 is 1.85 bits per heavy atom. The molecule has 0 saturated heterocycles. The summed E-state index contributed by atoms with van der Waals surface area (Å²) < 4.78 is 16.2. The van der Waals surface area contributed by atoms with Gasteiger partial charge in [-0.05, 0) is 49.7 Å². The number of benzene rings is 2. The van der Waals surface area contributed by atoms with Gasteiger partial charge in [-0.2, -0.15) is 0 Å². The topological polar surface area (TPSA) is 55.5 Å². The predicted octanol–water partition coefficient (Wildman–Crippen LogP) is 3.83. The van der Waals surface area contributed by atoms with Crippen LogP contribution >= 0.6 is 0 Å². The standard InChI is InChI=1S/C21H26N2O3/c1-14-17(18-12-16(24-2)8-9-19(18)23-14)10-11-22-13-15-6-5-7-20(25-3)21(15)26-4/h5-9,12,22-23H,10-11,13H2,1-4H3. The third-order valence-electron chi connectivity index (χ3n) is 4.68. The highest BCUT2D eigenvalue weighted by Crippen LogP contribution is 2.30. The molecule has 0 bridgehead atoms. The molecule has 0 saturated carbocycles. The maximum Gasteiger partial charge on any atom is 0.165 e. The number of hydrogen-bond donors (Lipinski definition) is 2. The molecule has 0 amide bonds. The highest BCUT2D eigenvalue weighted by atomic mass is 16.5. The third kappa shape index (κ3) is 3.63. The fourth-order valence-corrected chi connectivity index (χ4v) is 3.34. The lowest BCUT2D eigenvalue weighted by Crippen LogP contribution is -2.17. The summed E-state index contributed by atoms with van der Waals surface area (Å²) in [5, 5.41) is 4.73. The number of aromatic amines is 1. The molecule has 5 heteroatoms. The lowest BCUT2D eigenvalue weighted by Gasteiger charge is -2.13. The van der Waals surface area contributed by atoms with Crippen molar-refractivity contribution >= 4 is 10.9 Å². The number of fused-ring (bicyclic) bond motifs is 1. The van der Waals surface area contributed by atoms with Crippen molar-refractivity contribution in [1.82, 2.24) is 10.3 Å². The highest BCUT2D eigenvalue weighted by Gasteiger charge is 2.11. The zero-order chi connectivity index (χ0) is 18.5. The lowest BCUT2D eigenvalue weighted by atomic mass is 10.1. The molecule has 1 heterocycles.